The van der Waals surface area contributed by atoms with Crippen LogP contribution in [-0.4, -0.2) is 11.7 Å². The van der Waals surface area contributed by atoms with E-state index < -0.39 is 0 Å². The second kappa shape index (κ2) is 4.38. The fourth-order valence-corrected chi connectivity index (χ4v) is 1.23. The molecule has 1 rings (SSSR count). The number of benzene rings is 1. The lowest BCUT2D eigenvalue weighted by Gasteiger charge is -1.98. The predicted molar refractivity (Wildman–Crippen MR) is 50.2 cm³/mol. The van der Waals surface area contributed by atoms with Crippen LogP contribution in [0.1, 0.15) is 5.56 Å². The average molecular weight is 231 g/mol. The van der Waals surface area contributed by atoms with Crippen LogP contribution in [0.25, 0.3) is 6.08 Å². The van der Waals surface area contributed by atoms with Gasteiger partial charge in [0.25, 0.3) is 0 Å². The fourth-order valence-electron chi connectivity index (χ4n) is 0.829. The third-order valence-electron chi connectivity index (χ3n) is 1.38. The molecule has 1 aromatic carbocycles. The lowest BCUT2D eigenvalue weighted by molar-refractivity contribution is 0.343. The van der Waals surface area contributed by atoms with E-state index in [9.17, 15) is 4.39 Å². The topological polar surface area (TPSA) is 20.2 Å². The Morgan fingerprint density at radius 1 is 1.50 bits per heavy atom. The molecule has 0 aliphatic rings. The SMILES string of the molecule is OC/C=C/c1cccc(F)c1Br. The molecule has 0 aliphatic carbocycles. The predicted octanol–water partition coefficient (Wildman–Crippen LogP) is 2.59. The average Bonchev–Trinajstić information content (AvgIpc) is 2.08. The second-order valence-corrected chi connectivity index (χ2v) is 3.02. The summed E-state index contributed by atoms with van der Waals surface area (Å²) in [5.74, 6) is -0.296. The smallest absolute Gasteiger partial charge is 0.137 e. The normalized spacial score (nSPS) is 10.9. The van der Waals surface area contributed by atoms with Crippen molar-refractivity contribution in [2.75, 3.05) is 6.61 Å². The maximum Gasteiger partial charge on any atom is 0.137 e. The molecule has 0 atom stereocenters. The molecule has 0 spiro atoms. The first-order valence-electron chi connectivity index (χ1n) is 3.47. The number of aliphatic hydroxyl groups is 1. The third kappa shape index (κ3) is 2.16. The summed E-state index contributed by atoms with van der Waals surface area (Å²) in [6.45, 7) is -0.0387. The summed E-state index contributed by atoms with van der Waals surface area (Å²) in [6.07, 6.45) is 3.21. The van der Waals surface area contributed by atoms with Crippen molar-refractivity contribution in [3.05, 3.63) is 40.1 Å². The largest absolute Gasteiger partial charge is 0.392 e. The number of hydrogen-bond acceptors (Lipinski definition) is 1. The standard InChI is InChI=1S/C9H8BrFO/c10-9-7(4-2-6-12)3-1-5-8(9)11/h1-5,12H,6H2/b4-2+. The van der Waals surface area contributed by atoms with E-state index in [0.29, 0.717) is 4.47 Å². The first-order chi connectivity index (χ1) is 5.75. The van der Waals surface area contributed by atoms with Crippen molar-refractivity contribution in [2.24, 2.45) is 0 Å². The minimum atomic E-state index is -0.296. The quantitative estimate of drug-likeness (QED) is 0.829. The Bertz CT molecular complexity index is 297. The number of hydrogen-bond donors (Lipinski definition) is 1. The molecule has 3 heteroatoms. The Hall–Kier alpha value is -0.670. The summed E-state index contributed by atoms with van der Waals surface area (Å²) >= 11 is 3.10. The van der Waals surface area contributed by atoms with E-state index in [4.69, 9.17) is 5.11 Å². The third-order valence-corrected chi connectivity index (χ3v) is 2.22. The molecule has 0 unspecified atom stereocenters. The van der Waals surface area contributed by atoms with Gasteiger partial charge in [-0.3, -0.25) is 0 Å². The van der Waals surface area contributed by atoms with Crippen molar-refractivity contribution < 1.29 is 9.50 Å². The summed E-state index contributed by atoms with van der Waals surface area (Å²) in [7, 11) is 0. The highest BCUT2D eigenvalue weighted by molar-refractivity contribution is 9.10. The van der Waals surface area contributed by atoms with Crippen LogP contribution < -0.4 is 0 Å². The van der Waals surface area contributed by atoms with Gasteiger partial charge in [0.1, 0.15) is 5.82 Å². The molecule has 0 heterocycles. The van der Waals surface area contributed by atoms with Crippen molar-refractivity contribution in [3.8, 4) is 0 Å². The van der Waals surface area contributed by atoms with Crippen molar-refractivity contribution in [3.63, 3.8) is 0 Å². The van der Waals surface area contributed by atoms with Gasteiger partial charge in [0.15, 0.2) is 0 Å². The van der Waals surface area contributed by atoms with Gasteiger partial charge in [-0.15, -0.1) is 0 Å². The first-order valence-corrected chi connectivity index (χ1v) is 4.26. The Morgan fingerprint density at radius 3 is 2.92 bits per heavy atom. The Labute approximate surface area is 78.7 Å². The molecule has 0 bridgehead atoms. The second-order valence-electron chi connectivity index (χ2n) is 2.23. The molecule has 12 heavy (non-hydrogen) atoms. The van der Waals surface area contributed by atoms with Crippen molar-refractivity contribution >= 4 is 22.0 Å². The van der Waals surface area contributed by atoms with Crippen LogP contribution in [-0.2, 0) is 0 Å². The van der Waals surface area contributed by atoms with Gasteiger partial charge >= 0.3 is 0 Å². The van der Waals surface area contributed by atoms with Gasteiger partial charge in [0.05, 0.1) is 11.1 Å². The van der Waals surface area contributed by atoms with E-state index in [2.05, 4.69) is 15.9 Å². The van der Waals surface area contributed by atoms with E-state index in [-0.39, 0.29) is 12.4 Å². The highest BCUT2D eigenvalue weighted by Crippen LogP contribution is 2.21. The Kier molecular flexibility index (Phi) is 3.44. The highest BCUT2D eigenvalue weighted by atomic mass is 79.9. The van der Waals surface area contributed by atoms with E-state index >= 15 is 0 Å². The molecule has 1 N–H and O–H groups in total. The lowest BCUT2D eigenvalue weighted by atomic mass is 10.2. The lowest BCUT2D eigenvalue weighted by Crippen LogP contribution is -1.81. The molecule has 64 valence electrons. The number of halogens is 2. The van der Waals surface area contributed by atoms with Gasteiger partial charge < -0.3 is 5.11 Å². The van der Waals surface area contributed by atoms with Crippen molar-refractivity contribution in [2.45, 2.75) is 0 Å². The van der Waals surface area contributed by atoms with Gasteiger partial charge in [-0.05, 0) is 27.6 Å². The van der Waals surface area contributed by atoms with E-state index in [1.807, 2.05) is 0 Å². The molecule has 0 fully saturated rings. The van der Waals surface area contributed by atoms with Gasteiger partial charge in [-0.2, -0.15) is 0 Å². The summed E-state index contributed by atoms with van der Waals surface area (Å²) in [5.41, 5.74) is 0.726. The van der Waals surface area contributed by atoms with Crippen molar-refractivity contribution in [1.29, 1.82) is 0 Å². The molecule has 1 aromatic rings. The minimum Gasteiger partial charge on any atom is -0.392 e. The number of aliphatic hydroxyl groups excluding tert-OH is 1. The van der Waals surface area contributed by atoms with Gasteiger partial charge in [0.2, 0.25) is 0 Å². The van der Waals surface area contributed by atoms with Crippen LogP contribution >= 0.6 is 15.9 Å². The minimum absolute atomic E-state index is 0.0387. The highest BCUT2D eigenvalue weighted by Gasteiger charge is 2.00. The molecule has 0 saturated carbocycles. The van der Waals surface area contributed by atoms with Gasteiger partial charge in [0, 0.05) is 0 Å². The summed E-state index contributed by atoms with van der Waals surface area (Å²) in [6, 6.07) is 4.76. The zero-order chi connectivity index (χ0) is 8.97. The zero-order valence-corrected chi connectivity index (χ0v) is 7.88. The maximum absolute atomic E-state index is 12.9. The molecule has 0 amide bonds. The molecule has 0 aromatic heterocycles. The van der Waals surface area contributed by atoms with E-state index in [1.165, 1.54) is 6.07 Å². The molecule has 1 nitrogen and oxygen atoms in total. The summed E-state index contributed by atoms with van der Waals surface area (Å²) in [4.78, 5) is 0. The van der Waals surface area contributed by atoms with Gasteiger partial charge in [-0.1, -0.05) is 24.3 Å². The maximum atomic E-state index is 12.9. The molecule has 0 saturated heterocycles. The Balaban J connectivity index is 3.00. The van der Waals surface area contributed by atoms with Crippen LogP contribution in [0.2, 0.25) is 0 Å². The molecular formula is C9H8BrFO. The van der Waals surface area contributed by atoms with Gasteiger partial charge in [-0.25, -0.2) is 4.39 Å². The number of rotatable bonds is 2. The van der Waals surface area contributed by atoms with Crippen LogP contribution in [0, 0.1) is 5.82 Å². The van der Waals surface area contributed by atoms with E-state index in [0.717, 1.165) is 5.56 Å². The molecule has 0 aliphatic heterocycles. The zero-order valence-electron chi connectivity index (χ0n) is 6.30. The summed E-state index contributed by atoms with van der Waals surface area (Å²) < 4.78 is 13.3. The summed E-state index contributed by atoms with van der Waals surface area (Å²) in [5, 5.41) is 8.49. The van der Waals surface area contributed by atoms with Crippen molar-refractivity contribution in [1.82, 2.24) is 0 Å². The molecule has 0 radical (unpaired) electrons. The van der Waals surface area contributed by atoms with Crippen LogP contribution in [0.4, 0.5) is 4.39 Å². The Morgan fingerprint density at radius 2 is 2.25 bits per heavy atom. The van der Waals surface area contributed by atoms with Crippen LogP contribution in [0.5, 0.6) is 0 Å². The molecular weight excluding hydrogens is 223 g/mol. The van der Waals surface area contributed by atoms with Crippen LogP contribution in [0.15, 0.2) is 28.7 Å². The monoisotopic (exact) mass is 230 g/mol. The van der Waals surface area contributed by atoms with E-state index in [1.54, 1.807) is 24.3 Å². The first kappa shape index (κ1) is 9.42. The van der Waals surface area contributed by atoms with Crippen LogP contribution in [0.3, 0.4) is 0 Å². The fraction of sp³-hybridized carbons (Fsp3) is 0.111.